The molecule has 1 saturated heterocycles. The van der Waals surface area contributed by atoms with E-state index in [2.05, 4.69) is 61.1 Å². The Morgan fingerprint density at radius 2 is 2.22 bits per heavy atom. The number of aryl methyl sites for hydroxylation is 1. The maximum atomic E-state index is 4.62. The number of nitrogens with one attached hydrogen (secondary N) is 1. The quantitative estimate of drug-likeness (QED) is 0.888. The number of pyridine rings is 1. The molecule has 3 heteroatoms. The summed E-state index contributed by atoms with van der Waals surface area (Å²) in [5.74, 6) is 0. The number of piperazine rings is 1. The van der Waals surface area contributed by atoms with Crippen LogP contribution in [-0.4, -0.2) is 34.6 Å². The van der Waals surface area contributed by atoms with Gasteiger partial charge in [-0.25, -0.2) is 0 Å². The second kappa shape index (κ2) is 5.37. The Morgan fingerprint density at radius 1 is 1.44 bits per heavy atom. The largest absolute Gasteiger partial charge is 0.309 e. The van der Waals surface area contributed by atoms with Crippen LogP contribution in [0.5, 0.6) is 0 Å². The van der Waals surface area contributed by atoms with E-state index in [9.17, 15) is 0 Å². The van der Waals surface area contributed by atoms with Crippen molar-refractivity contribution in [2.75, 3.05) is 13.1 Å². The van der Waals surface area contributed by atoms with Crippen LogP contribution in [-0.2, 0) is 6.54 Å². The molecule has 1 aromatic heterocycles. The number of rotatable bonds is 3. The Kier molecular flexibility index (Phi) is 4.03. The Labute approximate surface area is 111 Å². The Hall–Kier alpha value is -0.930. The van der Waals surface area contributed by atoms with Gasteiger partial charge >= 0.3 is 0 Å². The molecule has 3 nitrogen and oxygen atoms in total. The van der Waals surface area contributed by atoms with E-state index in [0.717, 1.165) is 25.3 Å². The average molecular weight is 247 g/mol. The van der Waals surface area contributed by atoms with E-state index < -0.39 is 0 Å². The summed E-state index contributed by atoms with van der Waals surface area (Å²) in [6, 6.07) is 6.92. The van der Waals surface area contributed by atoms with Crippen LogP contribution >= 0.6 is 0 Å². The Balaban J connectivity index is 2.09. The van der Waals surface area contributed by atoms with Gasteiger partial charge in [0.15, 0.2) is 0 Å². The van der Waals surface area contributed by atoms with Gasteiger partial charge in [0.05, 0.1) is 5.69 Å². The van der Waals surface area contributed by atoms with Crippen molar-refractivity contribution in [3.05, 3.63) is 29.6 Å². The molecule has 1 N–H and O–H groups in total. The van der Waals surface area contributed by atoms with Gasteiger partial charge in [-0.3, -0.25) is 9.88 Å². The van der Waals surface area contributed by atoms with Crippen LogP contribution in [0.25, 0.3) is 0 Å². The molecule has 1 aliphatic rings. The zero-order chi connectivity index (χ0) is 13.2. The van der Waals surface area contributed by atoms with Crippen LogP contribution in [0, 0.1) is 6.92 Å². The van der Waals surface area contributed by atoms with Crippen LogP contribution in [0.4, 0.5) is 0 Å². The number of nitrogens with zero attached hydrogens (tertiary/aromatic N) is 2. The van der Waals surface area contributed by atoms with Gasteiger partial charge in [0, 0.05) is 36.9 Å². The third-order valence-corrected chi connectivity index (χ3v) is 3.71. The lowest BCUT2D eigenvalue weighted by Gasteiger charge is -2.44. The highest BCUT2D eigenvalue weighted by molar-refractivity contribution is 5.10. The predicted octanol–water partition coefficient (Wildman–Crippen LogP) is 2.35. The van der Waals surface area contributed by atoms with Crippen LogP contribution < -0.4 is 5.32 Å². The first kappa shape index (κ1) is 13.5. The molecule has 0 amide bonds. The fraction of sp³-hybridized carbons (Fsp3) is 0.667. The van der Waals surface area contributed by atoms with Crippen molar-refractivity contribution in [1.82, 2.24) is 15.2 Å². The molecule has 1 fully saturated rings. The maximum absolute atomic E-state index is 4.62. The average Bonchev–Trinajstić information content (AvgIpc) is 2.28. The van der Waals surface area contributed by atoms with Crippen molar-refractivity contribution < 1.29 is 0 Å². The molecule has 0 saturated carbocycles. The Morgan fingerprint density at radius 3 is 2.89 bits per heavy atom. The van der Waals surface area contributed by atoms with E-state index >= 15 is 0 Å². The second-order valence-corrected chi connectivity index (χ2v) is 6.00. The standard InChI is InChI=1S/C15H25N3/c1-5-14-9-16-15(3,4)11-18(14)10-13-8-6-7-12(2)17-13/h6-8,14,16H,5,9-11H2,1-4H3. The molecule has 0 bridgehead atoms. The van der Waals surface area contributed by atoms with Gasteiger partial charge < -0.3 is 5.32 Å². The fourth-order valence-corrected chi connectivity index (χ4v) is 2.70. The molecule has 2 heterocycles. The SMILES string of the molecule is CCC1CNC(C)(C)CN1Cc1cccc(C)n1. The van der Waals surface area contributed by atoms with Crippen LogP contribution in [0.2, 0.25) is 0 Å². The molecule has 0 spiro atoms. The van der Waals surface area contributed by atoms with Crippen molar-refractivity contribution >= 4 is 0 Å². The zero-order valence-electron chi connectivity index (χ0n) is 12.0. The van der Waals surface area contributed by atoms with Gasteiger partial charge in [0.2, 0.25) is 0 Å². The summed E-state index contributed by atoms with van der Waals surface area (Å²) in [7, 11) is 0. The molecule has 0 aliphatic carbocycles. The molecule has 1 unspecified atom stereocenters. The summed E-state index contributed by atoms with van der Waals surface area (Å²) < 4.78 is 0. The highest BCUT2D eigenvalue weighted by Crippen LogP contribution is 2.19. The third-order valence-electron chi connectivity index (χ3n) is 3.71. The lowest BCUT2D eigenvalue weighted by molar-refractivity contribution is 0.0846. The van der Waals surface area contributed by atoms with Crippen LogP contribution in [0.3, 0.4) is 0 Å². The van der Waals surface area contributed by atoms with Crippen molar-refractivity contribution in [2.45, 2.75) is 52.2 Å². The van der Waals surface area contributed by atoms with E-state index in [-0.39, 0.29) is 5.54 Å². The van der Waals surface area contributed by atoms with Gasteiger partial charge in [-0.2, -0.15) is 0 Å². The molecular weight excluding hydrogens is 222 g/mol. The summed E-state index contributed by atoms with van der Waals surface area (Å²) in [5, 5.41) is 3.62. The lowest BCUT2D eigenvalue weighted by atomic mass is 9.97. The first-order chi connectivity index (χ1) is 8.50. The number of aromatic nitrogens is 1. The van der Waals surface area contributed by atoms with Gasteiger partial charge in [0.1, 0.15) is 0 Å². The molecule has 1 aliphatic heterocycles. The van der Waals surface area contributed by atoms with E-state index in [0.29, 0.717) is 6.04 Å². The molecule has 18 heavy (non-hydrogen) atoms. The summed E-state index contributed by atoms with van der Waals surface area (Å²) in [6.45, 7) is 12.0. The molecule has 0 aromatic carbocycles. The van der Waals surface area contributed by atoms with E-state index in [1.165, 1.54) is 12.1 Å². The Bertz CT molecular complexity index is 400. The van der Waals surface area contributed by atoms with Gasteiger partial charge in [-0.1, -0.05) is 13.0 Å². The summed E-state index contributed by atoms with van der Waals surface area (Å²) in [4.78, 5) is 7.19. The minimum atomic E-state index is 0.204. The molecule has 100 valence electrons. The van der Waals surface area contributed by atoms with E-state index in [1.54, 1.807) is 0 Å². The first-order valence-corrected chi connectivity index (χ1v) is 6.92. The predicted molar refractivity (Wildman–Crippen MR) is 75.5 cm³/mol. The van der Waals surface area contributed by atoms with Gasteiger partial charge in [-0.05, 0) is 39.3 Å². The summed E-state index contributed by atoms with van der Waals surface area (Å²) in [6.07, 6.45) is 1.19. The maximum Gasteiger partial charge on any atom is 0.0547 e. The molecule has 1 aromatic rings. The number of hydrogen-bond donors (Lipinski definition) is 1. The minimum Gasteiger partial charge on any atom is -0.309 e. The summed E-state index contributed by atoms with van der Waals surface area (Å²) >= 11 is 0. The molecule has 0 radical (unpaired) electrons. The molecular formula is C15H25N3. The van der Waals surface area contributed by atoms with Crippen molar-refractivity contribution in [3.63, 3.8) is 0 Å². The van der Waals surface area contributed by atoms with Crippen LogP contribution in [0.1, 0.15) is 38.6 Å². The molecule has 1 atom stereocenters. The second-order valence-electron chi connectivity index (χ2n) is 6.00. The first-order valence-electron chi connectivity index (χ1n) is 6.92. The topological polar surface area (TPSA) is 28.2 Å². The molecule has 2 rings (SSSR count). The van der Waals surface area contributed by atoms with Gasteiger partial charge in [0.25, 0.3) is 0 Å². The number of hydrogen-bond acceptors (Lipinski definition) is 3. The highest BCUT2D eigenvalue weighted by Gasteiger charge is 2.31. The van der Waals surface area contributed by atoms with Crippen molar-refractivity contribution in [2.24, 2.45) is 0 Å². The van der Waals surface area contributed by atoms with E-state index in [4.69, 9.17) is 0 Å². The lowest BCUT2D eigenvalue weighted by Crippen LogP contribution is -2.61. The smallest absolute Gasteiger partial charge is 0.0547 e. The monoisotopic (exact) mass is 247 g/mol. The minimum absolute atomic E-state index is 0.204. The van der Waals surface area contributed by atoms with E-state index in [1.807, 2.05) is 0 Å². The third kappa shape index (κ3) is 3.30. The summed E-state index contributed by atoms with van der Waals surface area (Å²) in [5.41, 5.74) is 2.50. The zero-order valence-corrected chi connectivity index (χ0v) is 12.0. The van der Waals surface area contributed by atoms with Crippen LogP contribution in [0.15, 0.2) is 18.2 Å². The van der Waals surface area contributed by atoms with Crippen molar-refractivity contribution in [1.29, 1.82) is 0 Å². The highest BCUT2D eigenvalue weighted by atomic mass is 15.2. The normalized spacial score (nSPS) is 24.1. The van der Waals surface area contributed by atoms with Crippen molar-refractivity contribution in [3.8, 4) is 0 Å². The fourth-order valence-electron chi connectivity index (χ4n) is 2.70. The van der Waals surface area contributed by atoms with Gasteiger partial charge in [-0.15, -0.1) is 0 Å².